The quantitative estimate of drug-likeness (QED) is 0.921. The van der Waals surface area contributed by atoms with Gasteiger partial charge >= 0.3 is 0 Å². The largest absolute Gasteiger partial charge is 0.491 e. The summed E-state index contributed by atoms with van der Waals surface area (Å²) in [5, 5.41) is 0. The van der Waals surface area contributed by atoms with Crippen LogP contribution < -0.4 is 15.4 Å². The monoisotopic (exact) mass is 286 g/mol. The van der Waals surface area contributed by atoms with Crippen LogP contribution in [0.25, 0.3) is 0 Å². The molecule has 0 aliphatic carbocycles. The molecule has 0 aromatic heterocycles. The van der Waals surface area contributed by atoms with Crippen molar-refractivity contribution >= 4 is 5.69 Å². The third-order valence-electron chi connectivity index (χ3n) is 3.78. The van der Waals surface area contributed by atoms with Gasteiger partial charge in [-0.25, -0.2) is 4.39 Å². The summed E-state index contributed by atoms with van der Waals surface area (Å²) in [7, 11) is 0. The number of rotatable bonds is 2. The molecular weight excluding hydrogens is 267 g/mol. The smallest absolute Gasteiger partial charge is 0.130 e. The number of nitrogens with zero attached hydrogens (tertiary/aromatic N) is 1. The van der Waals surface area contributed by atoms with Crippen molar-refractivity contribution < 1.29 is 9.13 Å². The molecule has 0 saturated carbocycles. The highest BCUT2D eigenvalue weighted by molar-refractivity contribution is 5.57. The van der Waals surface area contributed by atoms with Crippen molar-refractivity contribution in [3.8, 4) is 5.75 Å². The fraction of sp³-hybridized carbons (Fsp3) is 0.294. The molecule has 4 heteroatoms. The standard InChI is InChI=1S/C17H19FN2O/c1-12(19)17-14(18)6-4-7-15(17)20-9-10-21-16-8-3-2-5-13(16)11-20/h2-8,12H,9-11,19H2,1H3. The van der Waals surface area contributed by atoms with Crippen LogP contribution in [-0.4, -0.2) is 13.2 Å². The Morgan fingerprint density at radius 2 is 2.00 bits per heavy atom. The lowest BCUT2D eigenvalue weighted by atomic mass is 10.0. The summed E-state index contributed by atoms with van der Waals surface area (Å²) in [5.41, 5.74) is 8.48. The van der Waals surface area contributed by atoms with Crippen molar-refractivity contribution in [1.82, 2.24) is 0 Å². The van der Waals surface area contributed by atoms with E-state index in [0.29, 0.717) is 25.3 Å². The van der Waals surface area contributed by atoms with E-state index < -0.39 is 0 Å². The first kappa shape index (κ1) is 13.9. The van der Waals surface area contributed by atoms with Gasteiger partial charge in [0.15, 0.2) is 0 Å². The molecule has 0 fully saturated rings. The van der Waals surface area contributed by atoms with E-state index in [4.69, 9.17) is 10.5 Å². The van der Waals surface area contributed by atoms with Crippen LogP contribution in [-0.2, 0) is 6.54 Å². The molecule has 0 radical (unpaired) electrons. The molecule has 2 N–H and O–H groups in total. The predicted molar refractivity (Wildman–Crippen MR) is 82.0 cm³/mol. The second-order valence-corrected chi connectivity index (χ2v) is 5.34. The first-order valence-electron chi connectivity index (χ1n) is 7.16. The fourth-order valence-corrected chi connectivity index (χ4v) is 2.78. The van der Waals surface area contributed by atoms with Crippen molar-refractivity contribution in [1.29, 1.82) is 0 Å². The third-order valence-corrected chi connectivity index (χ3v) is 3.78. The van der Waals surface area contributed by atoms with Crippen LogP contribution in [0.1, 0.15) is 24.1 Å². The first-order chi connectivity index (χ1) is 10.2. The van der Waals surface area contributed by atoms with Gasteiger partial charge in [0, 0.05) is 29.4 Å². The molecule has 1 aliphatic heterocycles. The Kier molecular flexibility index (Phi) is 3.80. The Morgan fingerprint density at radius 1 is 1.19 bits per heavy atom. The molecule has 1 unspecified atom stereocenters. The molecular formula is C17H19FN2O. The molecule has 0 bridgehead atoms. The third kappa shape index (κ3) is 2.72. The molecule has 3 rings (SSSR count). The number of halogens is 1. The van der Waals surface area contributed by atoms with E-state index in [1.165, 1.54) is 6.07 Å². The van der Waals surface area contributed by atoms with Crippen molar-refractivity contribution in [2.24, 2.45) is 5.73 Å². The molecule has 0 saturated heterocycles. The maximum atomic E-state index is 14.1. The van der Waals surface area contributed by atoms with E-state index in [-0.39, 0.29) is 11.9 Å². The minimum absolute atomic E-state index is 0.249. The number of hydrogen-bond acceptors (Lipinski definition) is 3. The second kappa shape index (κ2) is 5.74. The number of nitrogens with two attached hydrogens (primary N) is 1. The lowest BCUT2D eigenvalue weighted by Crippen LogP contribution is -2.27. The summed E-state index contributed by atoms with van der Waals surface area (Å²) in [6.45, 7) is 3.79. The molecule has 2 aromatic rings. The van der Waals surface area contributed by atoms with E-state index >= 15 is 0 Å². The Hall–Kier alpha value is -2.07. The summed E-state index contributed by atoms with van der Waals surface area (Å²) >= 11 is 0. The number of para-hydroxylation sites is 1. The van der Waals surface area contributed by atoms with Crippen molar-refractivity contribution in [3.63, 3.8) is 0 Å². The van der Waals surface area contributed by atoms with Crippen molar-refractivity contribution in [2.75, 3.05) is 18.1 Å². The molecule has 3 nitrogen and oxygen atoms in total. The normalized spacial score (nSPS) is 15.9. The lowest BCUT2D eigenvalue weighted by molar-refractivity contribution is 0.331. The molecule has 1 atom stereocenters. The van der Waals surface area contributed by atoms with E-state index in [1.807, 2.05) is 37.3 Å². The SMILES string of the molecule is CC(N)c1c(F)cccc1N1CCOc2ccccc2C1. The summed E-state index contributed by atoms with van der Waals surface area (Å²) in [6.07, 6.45) is 0. The Morgan fingerprint density at radius 3 is 2.81 bits per heavy atom. The summed E-state index contributed by atoms with van der Waals surface area (Å²) < 4.78 is 19.9. The fourth-order valence-electron chi connectivity index (χ4n) is 2.78. The average molecular weight is 286 g/mol. The van der Waals surface area contributed by atoms with Gasteiger partial charge in [-0.2, -0.15) is 0 Å². The maximum Gasteiger partial charge on any atom is 0.130 e. The summed E-state index contributed by atoms with van der Waals surface area (Å²) in [4.78, 5) is 2.13. The highest BCUT2D eigenvalue weighted by Crippen LogP contribution is 2.31. The van der Waals surface area contributed by atoms with Gasteiger partial charge in [0.05, 0.1) is 6.54 Å². The zero-order valence-electron chi connectivity index (χ0n) is 12.1. The van der Waals surface area contributed by atoms with Gasteiger partial charge in [-0.05, 0) is 25.1 Å². The van der Waals surface area contributed by atoms with Gasteiger partial charge in [-0.1, -0.05) is 24.3 Å². The van der Waals surface area contributed by atoms with E-state index in [9.17, 15) is 4.39 Å². The zero-order valence-corrected chi connectivity index (χ0v) is 12.1. The minimum Gasteiger partial charge on any atom is -0.491 e. The van der Waals surface area contributed by atoms with Gasteiger partial charge in [0.1, 0.15) is 18.2 Å². The summed E-state index contributed by atoms with van der Waals surface area (Å²) in [5.74, 6) is 0.653. The Balaban J connectivity index is 2.00. The first-order valence-corrected chi connectivity index (χ1v) is 7.16. The Bertz CT molecular complexity index is 642. The van der Waals surface area contributed by atoms with Crippen LogP contribution >= 0.6 is 0 Å². The highest BCUT2D eigenvalue weighted by Gasteiger charge is 2.20. The van der Waals surface area contributed by atoms with Crippen LogP contribution in [0.5, 0.6) is 5.75 Å². The van der Waals surface area contributed by atoms with Crippen molar-refractivity contribution in [3.05, 3.63) is 59.4 Å². The van der Waals surface area contributed by atoms with E-state index in [1.54, 1.807) is 6.07 Å². The maximum absolute atomic E-state index is 14.1. The summed E-state index contributed by atoms with van der Waals surface area (Å²) in [6, 6.07) is 12.7. The number of fused-ring (bicyclic) bond motifs is 1. The second-order valence-electron chi connectivity index (χ2n) is 5.34. The van der Waals surface area contributed by atoms with Crippen LogP contribution in [0.15, 0.2) is 42.5 Å². The van der Waals surface area contributed by atoms with Gasteiger partial charge in [-0.3, -0.25) is 0 Å². The van der Waals surface area contributed by atoms with Gasteiger partial charge in [-0.15, -0.1) is 0 Å². The van der Waals surface area contributed by atoms with Gasteiger partial charge < -0.3 is 15.4 Å². The predicted octanol–water partition coefficient (Wildman–Crippen LogP) is 3.24. The van der Waals surface area contributed by atoms with E-state index in [0.717, 1.165) is 17.0 Å². The van der Waals surface area contributed by atoms with E-state index in [2.05, 4.69) is 4.90 Å². The van der Waals surface area contributed by atoms with Gasteiger partial charge in [0.2, 0.25) is 0 Å². The average Bonchev–Trinajstić information content (AvgIpc) is 2.68. The van der Waals surface area contributed by atoms with Crippen molar-refractivity contribution in [2.45, 2.75) is 19.5 Å². The lowest BCUT2D eigenvalue weighted by Gasteiger charge is -2.26. The molecule has 2 aromatic carbocycles. The molecule has 0 spiro atoms. The molecule has 1 aliphatic rings. The molecule has 0 amide bonds. The van der Waals surface area contributed by atoms with Crippen LogP contribution in [0.3, 0.4) is 0 Å². The van der Waals surface area contributed by atoms with Crippen LogP contribution in [0.2, 0.25) is 0 Å². The Labute approximate surface area is 124 Å². The van der Waals surface area contributed by atoms with Crippen LogP contribution in [0.4, 0.5) is 10.1 Å². The number of benzene rings is 2. The number of anilines is 1. The topological polar surface area (TPSA) is 38.5 Å². The minimum atomic E-state index is -0.347. The zero-order chi connectivity index (χ0) is 14.8. The number of ether oxygens (including phenoxy) is 1. The number of hydrogen-bond donors (Lipinski definition) is 1. The van der Waals surface area contributed by atoms with Crippen LogP contribution in [0, 0.1) is 5.82 Å². The highest BCUT2D eigenvalue weighted by atomic mass is 19.1. The molecule has 21 heavy (non-hydrogen) atoms. The van der Waals surface area contributed by atoms with Gasteiger partial charge in [0.25, 0.3) is 0 Å². The molecule has 110 valence electrons. The molecule has 1 heterocycles.